The summed E-state index contributed by atoms with van der Waals surface area (Å²) in [6, 6.07) is 8.26. The first-order valence-corrected chi connectivity index (χ1v) is 11.5. The number of aromatic nitrogens is 2. The molecule has 4 heterocycles. The topological polar surface area (TPSA) is 59.8 Å². The number of likely N-dealkylation sites (tertiary alicyclic amines) is 2. The fraction of sp³-hybridized carbons (Fsp3) is 0.583. The molecule has 0 N–H and O–H groups in total. The van der Waals surface area contributed by atoms with E-state index in [0.29, 0.717) is 6.54 Å². The van der Waals surface area contributed by atoms with Crippen molar-refractivity contribution >= 4 is 5.91 Å². The quantitative estimate of drug-likeness (QED) is 0.755. The van der Waals surface area contributed by atoms with Crippen LogP contribution >= 0.6 is 0 Å². The van der Waals surface area contributed by atoms with Crippen LogP contribution in [0.2, 0.25) is 0 Å². The van der Waals surface area contributed by atoms with Gasteiger partial charge in [-0.2, -0.15) is 0 Å². The highest BCUT2D eigenvalue weighted by Gasteiger charge is 2.47. The zero-order valence-corrected chi connectivity index (χ0v) is 18.3. The largest absolute Gasteiger partial charge is 0.497 e. The third-order valence-electron chi connectivity index (χ3n) is 7.00. The van der Waals surface area contributed by atoms with Gasteiger partial charge in [0, 0.05) is 45.1 Å². The van der Waals surface area contributed by atoms with Crippen molar-refractivity contribution in [2.45, 2.75) is 56.9 Å². The lowest BCUT2D eigenvalue weighted by molar-refractivity contribution is -0.182. The van der Waals surface area contributed by atoms with Gasteiger partial charge < -0.3 is 18.9 Å². The van der Waals surface area contributed by atoms with Crippen LogP contribution in [0.25, 0.3) is 0 Å². The van der Waals surface area contributed by atoms with Crippen LogP contribution in [-0.2, 0) is 28.2 Å². The number of carbonyl (C=O) groups excluding carboxylic acids is 1. The highest BCUT2D eigenvalue weighted by atomic mass is 16.5. The summed E-state index contributed by atoms with van der Waals surface area (Å²) in [5, 5.41) is 0. The minimum absolute atomic E-state index is 0.150. The first-order valence-electron chi connectivity index (χ1n) is 11.5. The second-order valence-electron chi connectivity index (χ2n) is 9.02. The molecular weight excluding hydrogens is 392 g/mol. The number of hydrogen-bond acceptors (Lipinski definition) is 5. The Kier molecular flexibility index (Phi) is 5.71. The summed E-state index contributed by atoms with van der Waals surface area (Å²) in [5.74, 6) is 2.02. The molecule has 166 valence electrons. The van der Waals surface area contributed by atoms with E-state index in [1.165, 1.54) is 12.0 Å². The molecule has 1 spiro atoms. The Morgan fingerprint density at radius 2 is 2.00 bits per heavy atom. The van der Waals surface area contributed by atoms with E-state index >= 15 is 0 Å². The third-order valence-corrected chi connectivity index (χ3v) is 7.00. The fourth-order valence-electron chi connectivity index (χ4n) is 5.29. The van der Waals surface area contributed by atoms with E-state index in [9.17, 15) is 4.79 Å². The normalized spacial score (nSPS) is 23.5. The lowest BCUT2D eigenvalue weighted by Crippen LogP contribution is -2.55. The summed E-state index contributed by atoms with van der Waals surface area (Å²) in [7, 11) is 1.70. The van der Waals surface area contributed by atoms with Gasteiger partial charge in [0.2, 0.25) is 0 Å². The van der Waals surface area contributed by atoms with Crippen LogP contribution in [0.5, 0.6) is 5.75 Å². The molecule has 2 saturated heterocycles. The van der Waals surface area contributed by atoms with Gasteiger partial charge >= 0.3 is 0 Å². The molecular formula is C24H32N4O3. The molecule has 1 aromatic heterocycles. The number of benzene rings is 1. The van der Waals surface area contributed by atoms with E-state index < -0.39 is 11.7 Å². The maximum Gasteiger partial charge on any atom is 0.253 e. The van der Waals surface area contributed by atoms with Gasteiger partial charge in [0.15, 0.2) is 6.10 Å². The summed E-state index contributed by atoms with van der Waals surface area (Å²) >= 11 is 0. The third kappa shape index (κ3) is 4.08. The average Bonchev–Trinajstić information content (AvgIpc) is 3.31. The first-order chi connectivity index (χ1) is 15.2. The van der Waals surface area contributed by atoms with Gasteiger partial charge in [-0.05, 0) is 49.8 Å². The Balaban J connectivity index is 1.29. The Bertz CT molecular complexity index is 913. The summed E-state index contributed by atoms with van der Waals surface area (Å²) < 4.78 is 14.1. The Morgan fingerprint density at radius 1 is 1.19 bits per heavy atom. The minimum atomic E-state index is -0.470. The summed E-state index contributed by atoms with van der Waals surface area (Å²) in [4.78, 5) is 22.3. The molecule has 1 aromatic carbocycles. The molecule has 2 fully saturated rings. The average molecular weight is 425 g/mol. The molecule has 0 aliphatic carbocycles. The van der Waals surface area contributed by atoms with Crippen LogP contribution in [0.1, 0.15) is 43.5 Å². The number of ether oxygens (including phenoxy) is 2. The van der Waals surface area contributed by atoms with Crippen molar-refractivity contribution in [1.82, 2.24) is 19.4 Å². The Hall–Kier alpha value is -2.38. The number of carbonyl (C=O) groups is 1. The standard InChI is InChI=1S/C24H32N4O3/c1-30-20-7-5-6-19(16-20)17-26-13-8-24(9-14-26)23-25-10-15-28(23)18-21(31-24)22(29)27-11-3-2-4-12-27/h5-7,10,15-16,21H,2-4,8-9,11-14,17-18H2,1H3/t21-/m0/s1. The van der Waals surface area contributed by atoms with Gasteiger partial charge in [0.05, 0.1) is 13.7 Å². The number of amides is 1. The molecule has 0 bridgehead atoms. The SMILES string of the molecule is COc1cccc(CN2CCC3(CC2)O[C@H](C(=O)N2CCCCC2)Cn2ccnc23)c1. The molecule has 5 rings (SSSR count). The van der Waals surface area contributed by atoms with E-state index in [4.69, 9.17) is 9.47 Å². The number of methoxy groups -OCH3 is 1. The smallest absolute Gasteiger partial charge is 0.253 e. The van der Waals surface area contributed by atoms with Crippen LogP contribution in [0.15, 0.2) is 36.7 Å². The van der Waals surface area contributed by atoms with Gasteiger partial charge in [-0.3, -0.25) is 9.69 Å². The van der Waals surface area contributed by atoms with E-state index in [1.54, 1.807) is 7.11 Å². The van der Waals surface area contributed by atoms with Crippen molar-refractivity contribution in [3.05, 3.63) is 48.0 Å². The van der Waals surface area contributed by atoms with Gasteiger partial charge in [0.1, 0.15) is 17.2 Å². The molecule has 0 unspecified atom stereocenters. The lowest BCUT2D eigenvalue weighted by atomic mass is 9.88. The van der Waals surface area contributed by atoms with E-state index in [-0.39, 0.29) is 5.91 Å². The van der Waals surface area contributed by atoms with Crippen LogP contribution in [0.3, 0.4) is 0 Å². The van der Waals surface area contributed by atoms with E-state index in [2.05, 4.69) is 26.6 Å². The molecule has 0 radical (unpaired) electrons. The Morgan fingerprint density at radius 3 is 2.77 bits per heavy atom. The number of fused-ring (bicyclic) bond motifs is 2. The number of imidazole rings is 1. The molecule has 1 atom stereocenters. The van der Waals surface area contributed by atoms with Crippen LogP contribution < -0.4 is 4.74 Å². The second kappa shape index (κ2) is 8.63. The molecule has 1 amide bonds. The first kappa shape index (κ1) is 20.5. The summed E-state index contributed by atoms with van der Waals surface area (Å²) in [6.07, 6.45) is 8.53. The fourth-order valence-corrected chi connectivity index (χ4v) is 5.29. The predicted octanol–water partition coefficient (Wildman–Crippen LogP) is 2.79. The van der Waals surface area contributed by atoms with Crippen LogP contribution in [-0.4, -0.2) is 64.7 Å². The monoisotopic (exact) mass is 424 g/mol. The molecule has 3 aliphatic heterocycles. The lowest BCUT2D eigenvalue weighted by Gasteiger charge is -2.46. The number of hydrogen-bond donors (Lipinski definition) is 0. The van der Waals surface area contributed by atoms with Crippen molar-refractivity contribution in [2.75, 3.05) is 33.3 Å². The summed E-state index contributed by atoms with van der Waals surface area (Å²) in [6.45, 7) is 4.99. The van der Waals surface area contributed by atoms with Crippen molar-refractivity contribution < 1.29 is 14.3 Å². The van der Waals surface area contributed by atoms with Gasteiger partial charge in [-0.15, -0.1) is 0 Å². The number of piperidine rings is 2. The molecule has 31 heavy (non-hydrogen) atoms. The van der Waals surface area contributed by atoms with Crippen LogP contribution in [0, 0.1) is 0 Å². The van der Waals surface area contributed by atoms with Crippen LogP contribution in [0.4, 0.5) is 0 Å². The predicted molar refractivity (Wildman–Crippen MR) is 117 cm³/mol. The van der Waals surface area contributed by atoms with Crippen molar-refractivity contribution in [2.24, 2.45) is 0 Å². The Labute approximate surface area is 183 Å². The highest BCUT2D eigenvalue weighted by molar-refractivity contribution is 5.81. The minimum Gasteiger partial charge on any atom is -0.497 e. The maximum absolute atomic E-state index is 13.2. The van der Waals surface area contributed by atoms with E-state index in [1.807, 2.05) is 29.4 Å². The molecule has 2 aromatic rings. The van der Waals surface area contributed by atoms with E-state index in [0.717, 1.165) is 70.0 Å². The maximum atomic E-state index is 13.2. The molecule has 0 saturated carbocycles. The van der Waals surface area contributed by atoms with Crippen molar-refractivity contribution in [3.8, 4) is 5.75 Å². The zero-order chi connectivity index (χ0) is 21.3. The molecule has 7 nitrogen and oxygen atoms in total. The number of rotatable bonds is 4. The zero-order valence-electron chi connectivity index (χ0n) is 18.3. The highest BCUT2D eigenvalue weighted by Crippen LogP contribution is 2.40. The van der Waals surface area contributed by atoms with Gasteiger partial charge in [0.25, 0.3) is 5.91 Å². The van der Waals surface area contributed by atoms with Crippen molar-refractivity contribution in [3.63, 3.8) is 0 Å². The van der Waals surface area contributed by atoms with Gasteiger partial charge in [-0.1, -0.05) is 12.1 Å². The van der Waals surface area contributed by atoms with Gasteiger partial charge in [-0.25, -0.2) is 4.98 Å². The number of nitrogens with zero attached hydrogens (tertiary/aromatic N) is 4. The summed E-state index contributed by atoms with van der Waals surface area (Å²) in [5.41, 5.74) is 0.780. The molecule has 7 heteroatoms. The second-order valence-corrected chi connectivity index (χ2v) is 9.02. The molecule has 3 aliphatic rings. The van der Waals surface area contributed by atoms with Crippen molar-refractivity contribution in [1.29, 1.82) is 0 Å².